The Kier molecular flexibility index (Phi) is 7.00. The van der Waals surface area contributed by atoms with E-state index in [1.807, 2.05) is 0 Å². The molecular formula is C18H38N2. The molecule has 0 spiro atoms. The first-order valence-electron chi connectivity index (χ1n) is 8.83. The van der Waals surface area contributed by atoms with Crippen LogP contribution in [0.1, 0.15) is 86.5 Å². The highest BCUT2D eigenvalue weighted by molar-refractivity contribution is 4.96. The van der Waals surface area contributed by atoms with Crippen molar-refractivity contribution in [3.8, 4) is 0 Å². The fourth-order valence-corrected chi connectivity index (χ4v) is 3.89. The molecule has 1 aliphatic rings. The van der Waals surface area contributed by atoms with Crippen molar-refractivity contribution in [3.63, 3.8) is 0 Å². The minimum absolute atomic E-state index is 0.251. The topological polar surface area (TPSA) is 15.3 Å². The van der Waals surface area contributed by atoms with Gasteiger partial charge >= 0.3 is 0 Å². The zero-order chi connectivity index (χ0) is 15.2. The molecule has 2 heteroatoms. The predicted molar refractivity (Wildman–Crippen MR) is 90.3 cm³/mol. The van der Waals surface area contributed by atoms with E-state index in [1.54, 1.807) is 0 Å². The van der Waals surface area contributed by atoms with Gasteiger partial charge in [0.05, 0.1) is 0 Å². The van der Waals surface area contributed by atoms with Gasteiger partial charge in [0.15, 0.2) is 0 Å². The SMILES string of the molecule is CCCCCN(CCC)C1CCC(C)(C)NC(C)(C)C1. The van der Waals surface area contributed by atoms with Crippen LogP contribution in [0.25, 0.3) is 0 Å². The van der Waals surface area contributed by atoms with Gasteiger partial charge in [-0.25, -0.2) is 0 Å². The van der Waals surface area contributed by atoms with Gasteiger partial charge in [-0.3, -0.25) is 0 Å². The van der Waals surface area contributed by atoms with Crippen LogP contribution < -0.4 is 5.32 Å². The molecule has 1 N–H and O–H groups in total. The molecule has 1 unspecified atom stereocenters. The molecule has 20 heavy (non-hydrogen) atoms. The summed E-state index contributed by atoms with van der Waals surface area (Å²) in [4.78, 5) is 2.78. The number of rotatable bonds is 7. The summed E-state index contributed by atoms with van der Waals surface area (Å²) in [7, 11) is 0. The second-order valence-electron chi connectivity index (χ2n) is 8.03. The fourth-order valence-electron chi connectivity index (χ4n) is 3.89. The molecule has 0 aliphatic carbocycles. The van der Waals surface area contributed by atoms with Gasteiger partial charge in [0.25, 0.3) is 0 Å². The Morgan fingerprint density at radius 2 is 1.65 bits per heavy atom. The predicted octanol–water partition coefficient (Wildman–Crippen LogP) is 4.59. The summed E-state index contributed by atoms with van der Waals surface area (Å²) in [5.41, 5.74) is 0.529. The van der Waals surface area contributed by atoms with Crippen molar-refractivity contribution in [2.24, 2.45) is 0 Å². The average Bonchev–Trinajstić information content (AvgIpc) is 2.43. The van der Waals surface area contributed by atoms with E-state index in [0.717, 1.165) is 6.04 Å². The fraction of sp³-hybridized carbons (Fsp3) is 1.00. The molecule has 0 radical (unpaired) electrons. The number of hydrogen-bond donors (Lipinski definition) is 1. The van der Waals surface area contributed by atoms with Crippen LogP contribution >= 0.6 is 0 Å². The van der Waals surface area contributed by atoms with Crippen molar-refractivity contribution in [2.75, 3.05) is 13.1 Å². The van der Waals surface area contributed by atoms with Gasteiger partial charge in [-0.15, -0.1) is 0 Å². The van der Waals surface area contributed by atoms with Crippen LogP contribution in [-0.4, -0.2) is 35.1 Å². The Morgan fingerprint density at radius 3 is 2.25 bits per heavy atom. The van der Waals surface area contributed by atoms with E-state index in [1.165, 1.54) is 58.0 Å². The van der Waals surface area contributed by atoms with Crippen LogP contribution in [0.3, 0.4) is 0 Å². The van der Waals surface area contributed by atoms with E-state index in [4.69, 9.17) is 0 Å². The van der Waals surface area contributed by atoms with E-state index in [0.29, 0.717) is 0 Å². The smallest absolute Gasteiger partial charge is 0.0144 e. The summed E-state index contributed by atoms with van der Waals surface area (Å²) in [6, 6.07) is 0.760. The maximum Gasteiger partial charge on any atom is 0.0144 e. The minimum Gasteiger partial charge on any atom is -0.307 e. The third-order valence-electron chi connectivity index (χ3n) is 4.60. The van der Waals surface area contributed by atoms with Crippen LogP contribution in [0.4, 0.5) is 0 Å². The van der Waals surface area contributed by atoms with Crippen LogP contribution in [0.15, 0.2) is 0 Å². The Morgan fingerprint density at radius 1 is 0.950 bits per heavy atom. The van der Waals surface area contributed by atoms with Crippen molar-refractivity contribution in [1.29, 1.82) is 0 Å². The molecule has 1 atom stereocenters. The van der Waals surface area contributed by atoms with Gasteiger partial charge in [-0.1, -0.05) is 26.7 Å². The first-order valence-corrected chi connectivity index (χ1v) is 8.83. The monoisotopic (exact) mass is 282 g/mol. The lowest BCUT2D eigenvalue weighted by Gasteiger charge is -2.37. The van der Waals surface area contributed by atoms with E-state index in [2.05, 4.69) is 51.8 Å². The quantitative estimate of drug-likeness (QED) is 0.687. The molecule has 0 bridgehead atoms. The maximum absolute atomic E-state index is 3.86. The lowest BCUT2D eigenvalue weighted by molar-refractivity contribution is 0.156. The normalized spacial score (nSPS) is 25.6. The molecule has 2 nitrogen and oxygen atoms in total. The number of hydrogen-bond acceptors (Lipinski definition) is 2. The number of unbranched alkanes of at least 4 members (excludes halogenated alkanes) is 2. The molecule has 1 rings (SSSR count). The highest BCUT2D eigenvalue weighted by Crippen LogP contribution is 2.30. The van der Waals surface area contributed by atoms with Crippen LogP contribution in [0.5, 0.6) is 0 Å². The molecule has 1 fully saturated rings. The largest absolute Gasteiger partial charge is 0.307 e. The first-order chi connectivity index (χ1) is 9.29. The molecule has 0 amide bonds. The second-order valence-corrected chi connectivity index (χ2v) is 8.03. The lowest BCUT2D eigenvalue weighted by atomic mass is 9.93. The Balaban J connectivity index is 2.68. The van der Waals surface area contributed by atoms with Crippen LogP contribution in [0, 0.1) is 0 Å². The molecule has 1 heterocycles. The van der Waals surface area contributed by atoms with E-state index in [9.17, 15) is 0 Å². The van der Waals surface area contributed by atoms with Crippen molar-refractivity contribution in [3.05, 3.63) is 0 Å². The zero-order valence-corrected chi connectivity index (χ0v) is 14.9. The molecule has 0 saturated carbocycles. The molecule has 0 aromatic rings. The summed E-state index contributed by atoms with van der Waals surface area (Å²) in [5, 5.41) is 3.86. The third-order valence-corrected chi connectivity index (χ3v) is 4.60. The summed E-state index contributed by atoms with van der Waals surface area (Å²) < 4.78 is 0. The van der Waals surface area contributed by atoms with Gasteiger partial charge < -0.3 is 10.2 Å². The summed E-state index contributed by atoms with van der Waals surface area (Å²) >= 11 is 0. The first kappa shape index (κ1) is 18.0. The highest BCUT2D eigenvalue weighted by atomic mass is 15.2. The number of nitrogens with zero attached hydrogens (tertiary/aromatic N) is 1. The minimum atomic E-state index is 0.251. The highest BCUT2D eigenvalue weighted by Gasteiger charge is 2.35. The maximum atomic E-state index is 3.86. The zero-order valence-electron chi connectivity index (χ0n) is 14.9. The van der Waals surface area contributed by atoms with Crippen LogP contribution in [0.2, 0.25) is 0 Å². The Bertz CT molecular complexity index is 271. The van der Waals surface area contributed by atoms with Gasteiger partial charge in [-0.05, 0) is 72.9 Å². The molecule has 1 aliphatic heterocycles. The van der Waals surface area contributed by atoms with Crippen molar-refractivity contribution in [1.82, 2.24) is 10.2 Å². The number of nitrogens with one attached hydrogen (secondary N) is 1. The van der Waals surface area contributed by atoms with Gasteiger partial charge in [0, 0.05) is 17.1 Å². The Labute approximate surface area is 127 Å². The van der Waals surface area contributed by atoms with Gasteiger partial charge in [0.2, 0.25) is 0 Å². The average molecular weight is 283 g/mol. The Hall–Kier alpha value is -0.0800. The van der Waals surface area contributed by atoms with Crippen LogP contribution in [-0.2, 0) is 0 Å². The van der Waals surface area contributed by atoms with Crippen molar-refractivity contribution >= 4 is 0 Å². The molecule has 0 aromatic carbocycles. The third kappa shape index (κ3) is 6.13. The summed E-state index contributed by atoms with van der Waals surface area (Å²) in [6.07, 6.45) is 9.25. The second kappa shape index (κ2) is 7.79. The molecular weight excluding hydrogens is 244 g/mol. The van der Waals surface area contributed by atoms with Gasteiger partial charge in [-0.2, -0.15) is 0 Å². The summed E-state index contributed by atoms with van der Waals surface area (Å²) in [5.74, 6) is 0. The standard InChI is InChI=1S/C18H38N2/c1-7-9-10-14-20(13-8-2)16-11-12-17(3,4)19-18(5,6)15-16/h16,19H,7-15H2,1-6H3. The summed E-state index contributed by atoms with van der Waals surface area (Å²) in [6.45, 7) is 16.7. The molecule has 0 aromatic heterocycles. The van der Waals surface area contributed by atoms with E-state index >= 15 is 0 Å². The van der Waals surface area contributed by atoms with E-state index in [-0.39, 0.29) is 11.1 Å². The van der Waals surface area contributed by atoms with Crippen molar-refractivity contribution < 1.29 is 0 Å². The molecule has 1 saturated heterocycles. The van der Waals surface area contributed by atoms with Gasteiger partial charge in [0.1, 0.15) is 0 Å². The molecule has 120 valence electrons. The van der Waals surface area contributed by atoms with Crippen molar-refractivity contribution in [2.45, 2.75) is 104 Å². The van der Waals surface area contributed by atoms with E-state index < -0.39 is 0 Å². The lowest BCUT2D eigenvalue weighted by Crippen LogP contribution is -2.51.